The topological polar surface area (TPSA) is 43.7 Å². The van der Waals surface area contributed by atoms with E-state index >= 15 is 0 Å². The molecule has 0 spiro atoms. The van der Waals surface area contributed by atoms with Gasteiger partial charge in [-0.05, 0) is 46.6 Å². The molecular weight excluding hydrogens is 202 g/mol. The van der Waals surface area contributed by atoms with Crippen molar-refractivity contribution < 1.29 is 10.2 Å². The Kier molecular flexibility index (Phi) is 5.73. The van der Waals surface area contributed by atoms with Crippen LogP contribution in [0.1, 0.15) is 52.9 Å². The third-order valence-electron chi connectivity index (χ3n) is 3.76. The highest BCUT2D eigenvalue weighted by Crippen LogP contribution is 2.23. The Hall–Kier alpha value is -0.120. The lowest BCUT2D eigenvalue weighted by Crippen LogP contribution is -2.47. The molecule has 3 nitrogen and oxygen atoms in total. The first-order valence-electron chi connectivity index (χ1n) is 6.64. The van der Waals surface area contributed by atoms with Gasteiger partial charge in [-0.1, -0.05) is 12.8 Å². The maximum atomic E-state index is 9.71. The fourth-order valence-electron chi connectivity index (χ4n) is 2.66. The quantitative estimate of drug-likeness (QED) is 0.772. The van der Waals surface area contributed by atoms with Crippen LogP contribution in [0.5, 0.6) is 0 Å². The molecule has 0 radical (unpaired) electrons. The van der Waals surface area contributed by atoms with Crippen LogP contribution in [-0.4, -0.2) is 45.9 Å². The first-order chi connectivity index (χ1) is 7.52. The van der Waals surface area contributed by atoms with Crippen molar-refractivity contribution in [3.63, 3.8) is 0 Å². The second-order valence-corrected chi connectivity index (χ2v) is 5.31. The largest absolute Gasteiger partial charge is 0.393 e. The van der Waals surface area contributed by atoms with Crippen LogP contribution < -0.4 is 0 Å². The van der Waals surface area contributed by atoms with Crippen molar-refractivity contribution >= 4 is 0 Å². The molecule has 16 heavy (non-hydrogen) atoms. The number of hydrogen-bond acceptors (Lipinski definition) is 3. The van der Waals surface area contributed by atoms with E-state index in [2.05, 4.69) is 11.8 Å². The van der Waals surface area contributed by atoms with Crippen LogP contribution in [0.25, 0.3) is 0 Å². The minimum absolute atomic E-state index is 0.196. The van der Waals surface area contributed by atoms with Crippen LogP contribution in [0.15, 0.2) is 0 Å². The molecule has 1 aliphatic heterocycles. The van der Waals surface area contributed by atoms with Gasteiger partial charge in [-0.15, -0.1) is 0 Å². The minimum atomic E-state index is -0.297. The summed E-state index contributed by atoms with van der Waals surface area (Å²) >= 11 is 0. The van der Waals surface area contributed by atoms with Gasteiger partial charge in [0.05, 0.1) is 12.2 Å². The van der Waals surface area contributed by atoms with Crippen LogP contribution in [0.4, 0.5) is 0 Å². The summed E-state index contributed by atoms with van der Waals surface area (Å²) < 4.78 is 0. The average molecular weight is 229 g/mol. The normalized spacial score (nSPS) is 29.4. The molecule has 0 amide bonds. The molecule has 1 saturated heterocycles. The smallest absolute Gasteiger partial charge is 0.0664 e. The molecule has 1 rings (SSSR count). The van der Waals surface area contributed by atoms with E-state index in [1.54, 1.807) is 0 Å². The van der Waals surface area contributed by atoms with Crippen LogP contribution in [0, 0.1) is 0 Å². The third-order valence-corrected chi connectivity index (χ3v) is 3.76. The fourth-order valence-corrected chi connectivity index (χ4v) is 2.66. The molecule has 3 heteroatoms. The monoisotopic (exact) mass is 229 g/mol. The summed E-state index contributed by atoms with van der Waals surface area (Å²) in [5.74, 6) is 0. The minimum Gasteiger partial charge on any atom is -0.393 e. The number of aliphatic hydroxyl groups is 2. The van der Waals surface area contributed by atoms with Crippen molar-refractivity contribution in [2.45, 2.75) is 77.2 Å². The van der Waals surface area contributed by atoms with E-state index < -0.39 is 0 Å². The average Bonchev–Trinajstić information content (AvgIpc) is 2.41. The van der Waals surface area contributed by atoms with Crippen LogP contribution in [-0.2, 0) is 0 Å². The van der Waals surface area contributed by atoms with E-state index in [0.29, 0.717) is 6.04 Å². The van der Waals surface area contributed by atoms with Gasteiger partial charge in [0.25, 0.3) is 0 Å². The number of aliphatic hydroxyl groups excluding tert-OH is 2. The maximum absolute atomic E-state index is 9.71. The Morgan fingerprint density at radius 2 is 1.81 bits per heavy atom. The van der Waals surface area contributed by atoms with Crippen LogP contribution in [0.3, 0.4) is 0 Å². The predicted octanol–water partition coefficient (Wildman–Crippen LogP) is 1.77. The van der Waals surface area contributed by atoms with Gasteiger partial charge in [0, 0.05) is 12.1 Å². The SMILES string of the molecule is CC(O)CC1CCCCCN1C(C)C(C)O. The zero-order valence-electron chi connectivity index (χ0n) is 10.9. The number of rotatable bonds is 4. The first-order valence-corrected chi connectivity index (χ1v) is 6.64. The molecule has 0 saturated carbocycles. The predicted molar refractivity (Wildman–Crippen MR) is 66.4 cm³/mol. The Balaban J connectivity index is 2.65. The van der Waals surface area contributed by atoms with Gasteiger partial charge < -0.3 is 10.2 Å². The lowest BCUT2D eigenvalue weighted by Gasteiger charge is -2.37. The standard InChI is InChI=1S/C13H27NO2/c1-10(15)9-13-7-5-4-6-8-14(13)11(2)12(3)16/h10-13,15-16H,4-9H2,1-3H3. The molecule has 0 aromatic rings. The number of likely N-dealkylation sites (tertiary alicyclic amines) is 1. The van der Waals surface area contributed by atoms with Crippen molar-refractivity contribution in [1.29, 1.82) is 0 Å². The summed E-state index contributed by atoms with van der Waals surface area (Å²) in [6.07, 6.45) is 5.19. The first kappa shape index (κ1) is 13.9. The third kappa shape index (κ3) is 4.04. The highest BCUT2D eigenvalue weighted by Gasteiger charge is 2.28. The summed E-state index contributed by atoms with van der Waals surface area (Å²) in [6.45, 7) is 6.86. The highest BCUT2D eigenvalue weighted by atomic mass is 16.3. The molecule has 1 aliphatic rings. The molecule has 96 valence electrons. The van der Waals surface area contributed by atoms with Gasteiger partial charge in [0.2, 0.25) is 0 Å². The summed E-state index contributed by atoms with van der Waals surface area (Å²) in [4.78, 5) is 2.39. The second-order valence-electron chi connectivity index (χ2n) is 5.31. The van der Waals surface area contributed by atoms with E-state index in [-0.39, 0.29) is 18.2 Å². The van der Waals surface area contributed by atoms with Crippen molar-refractivity contribution in [1.82, 2.24) is 4.90 Å². The van der Waals surface area contributed by atoms with Gasteiger partial charge in [0.15, 0.2) is 0 Å². The summed E-state index contributed by atoms with van der Waals surface area (Å²) in [7, 11) is 0. The van der Waals surface area contributed by atoms with Gasteiger partial charge >= 0.3 is 0 Å². The number of nitrogens with zero attached hydrogens (tertiary/aromatic N) is 1. The van der Waals surface area contributed by atoms with Gasteiger partial charge in [-0.2, -0.15) is 0 Å². The second kappa shape index (κ2) is 6.58. The summed E-state index contributed by atoms with van der Waals surface area (Å²) in [5, 5.41) is 19.3. The molecule has 4 unspecified atom stereocenters. The van der Waals surface area contributed by atoms with E-state index in [9.17, 15) is 10.2 Å². The molecule has 0 bridgehead atoms. The zero-order chi connectivity index (χ0) is 12.1. The van der Waals surface area contributed by atoms with E-state index in [1.807, 2.05) is 13.8 Å². The summed E-state index contributed by atoms with van der Waals surface area (Å²) in [5.41, 5.74) is 0. The molecule has 4 atom stereocenters. The Morgan fingerprint density at radius 1 is 1.12 bits per heavy atom. The van der Waals surface area contributed by atoms with Crippen molar-refractivity contribution in [2.24, 2.45) is 0 Å². The molecule has 0 aliphatic carbocycles. The molecule has 0 aromatic heterocycles. The molecular formula is C13H27NO2. The molecule has 1 fully saturated rings. The van der Waals surface area contributed by atoms with Crippen molar-refractivity contribution in [2.75, 3.05) is 6.54 Å². The van der Waals surface area contributed by atoms with Crippen LogP contribution in [0.2, 0.25) is 0 Å². The highest BCUT2D eigenvalue weighted by molar-refractivity contribution is 4.83. The lowest BCUT2D eigenvalue weighted by atomic mass is 10.0. The lowest BCUT2D eigenvalue weighted by molar-refractivity contribution is 0.0270. The molecule has 1 heterocycles. The zero-order valence-corrected chi connectivity index (χ0v) is 10.9. The van der Waals surface area contributed by atoms with Crippen LogP contribution >= 0.6 is 0 Å². The van der Waals surface area contributed by atoms with E-state index in [4.69, 9.17) is 0 Å². The molecule has 2 N–H and O–H groups in total. The van der Waals surface area contributed by atoms with Crippen molar-refractivity contribution in [3.8, 4) is 0 Å². The Bertz CT molecular complexity index is 194. The van der Waals surface area contributed by atoms with E-state index in [1.165, 1.54) is 19.3 Å². The van der Waals surface area contributed by atoms with Crippen molar-refractivity contribution in [3.05, 3.63) is 0 Å². The number of hydrogen-bond donors (Lipinski definition) is 2. The fraction of sp³-hybridized carbons (Fsp3) is 1.00. The van der Waals surface area contributed by atoms with Gasteiger partial charge in [-0.3, -0.25) is 4.90 Å². The van der Waals surface area contributed by atoms with Gasteiger partial charge in [0.1, 0.15) is 0 Å². The molecule has 0 aromatic carbocycles. The Morgan fingerprint density at radius 3 is 2.38 bits per heavy atom. The maximum Gasteiger partial charge on any atom is 0.0664 e. The van der Waals surface area contributed by atoms with E-state index in [0.717, 1.165) is 19.4 Å². The summed E-state index contributed by atoms with van der Waals surface area (Å²) in [6, 6.07) is 0.633. The van der Waals surface area contributed by atoms with Gasteiger partial charge in [-0.25, -0.2) is 0 Å². The Labute approximate surface area is 99.5 Å².